The van der Waals surface area contributed by atoms with Crippen LogP contribution < -0.4 is 15.4 Å². The Kier molecular flexibility index (Phi) is 6.69. The summed E-state index contributed by atoms with van der Waals surface area (Å²) in [7, 11) is 1.48. The largest absolute Gasteiger partial charge is 0.495 e. The quantitative estimate of drug-likeness (QED) is 0.567. The first-order valence-electron chi connectivity index (χ1n) is 9.17. The number of amides is 2. The molecule has 0 atom stereocenters. The normalized spacial score (nSPS) is 10.4. The highest BCUT2D eigenvalue weighted by Gasteiger charge is 2.17. The number of methoxy groups -OCH3 is 1. The highest BCUT2D eigenvalue weighted by atomic mass is 35.5. The van der Waals surface area contributed by atoms with Crippen LogP contribution in [-0.4, -0.2) is 18.9 Å². The van der Waals surface area contributed by atoms with Crippen LogP contribution in [-0.2, 0) is 11.2 Å². The molecule has 30 heavy (non-hydrogen) atoms. The van der Waals surface area contributed by atoms with Gasteiger partial charge in [0.05, 0.1) is 30.5 Å². The molecule has 3 aromatic carbocycles. The minimum absolute atomic E-state index is 0.146. The number of ether oxygens (including phenoxy) is 1. The maximum atomic E-state index is 13.8. The van der Waals surface area contributed by atoms with Gasteiger partial charge in [-0.05, 0) is 42.3 Å². The highest BCUT2D eigenvalue weighted by Crippen LogP contribution is 2.31. The Morgan fingerprint density at radius 1 is 1.00 bits per heavy atom. The Hall–Kier alpha value is -3.38. The molecule has 0 aliphatic heterocycles. The smallest absolute Gasteiger partial charge is 0.257 e. The molecule has 0 bridgehead atoms. The number of anilines is 2. The molecule has 0 aliphatic carbocycles. The monoisotopic (exact) mass is 426 g/mol. The number of hydrogen-bond acceptors (Lipinski definition) is 3. The fourth-order valence-electron chi connectivity index (χ4n) is 2.92. The molecule has 7 heteroatoms. The lowest BCUT2D eigenvalue weighted by molar-refractivity contribution is -0.115. The molecule has 0 fully saturated rings. The van der Waals surface area contributed by atoms with Crippen molar-refractivity contribution >= 4 is 34.8 Å². The summed E-state index contributed by atoms with van der Waals surface area (Å²) in [5, 5.41) is 5.99. The first kappa shape index (κ1) is 21.3. The topological polar surface area (TPSA) is 67.4 Å². The van der Waals surface area contributed by atoms with E-state index in [9.17, 15) is 14.0 Å². The molecule has 154 valence electrons. The van der Waals surface area contributed by atoms with Gasteiger partial charge in [0.1, 0.15) is 11.6 Å². The zero-order valence-corrected chi connectivity index (χ0v) is 17.2. The maximum absolute atomic E-state index is 13.8. The van der Waals surface area contributed by atoms with E-state index >= 15 is 0 Å². The molecule has 0 unspecified atom stereocenters. The molecule has 2 amide bonds. The number of para-hydroxylation sites is 1. The van der Waals surface area contributed by atoms with Crippen molar-refractivity contribution in [3.05, 3.63) is 88.2 Å². The molecule has 0 aliphatic rings. The highest BCUT2D eigenvalue weighted by molar-refractivity contribution is 6.31. The van der Waals surface area contributed by atoms with Crippen molar-refractivity contribution in [1.29, 1.82) is 0 Å². The number of aryl methyl sites for hydroxylation is 1. The van der Waals surface area contributed by atoms with Crippen molar-refractivity contribution in [2.75, 3.05) is 17.7 Å². The first-order chi connectivity index (χ1) is 14.4. The summed E-state index contributed by atoms with van der Waals surface area (Å²) >= 11 is 6.11. The number of halogens is 2. The van der Waals surface area contributed by atoms with Crippen LogP contribution in [0.5, 0.6) is 5.75 Å². The molecule has 0 saturated carbocycles. The van der Waals surface area contributed by atoms with Crippen molar-refractivity contribution in [2.45, 2.75) is 13.3 Å². The summed E-state index contributed by atoms with van der Waals surface area (Å²) in [4.78, 5) is 25.3. The van der Waals surface area contributed by atoms with Crippen LogP contribution in [0.4, 0.5) is 15.8 Å². The van der Waals surface area contributed by atoms with Crippen LogP contribution >= 0.6 is 11.6 Å². The van der Waals surface area contributed by atoms with Gasteiger partial charge in [-0.25, -0.2) is 4.39 Å². The van der Waals surface area contributed by atoms with E-state index in [1.165, 1.54) is 13.2 Å². The molecule has 0 saturated heterocycles. The van der Waals surface area contributed by atoms with Crippen LogP contribution in [0, 0.1) is 12.7 Å². The first-order valence-corrected chi connectivity index (χ1v) is 9.54. The minimum atomic E-state index is -0.455. The van der Waals surface area contributed by atoms with Gasteiger partial charge >= 0.3 is 0 Å². The zero-order valence-electron chi connectivity index (χ0n) is 16.5. The Morgan fingerprint density at radius 2 is 1.70 bits per heavy atom. The van der Waals surface area contributed by atoms with Crippen LogP contribution in [0.2, 0.25) is 5.02 Å². The third kappa shape index (κ3) is 4.96. The molecule has 0 spiro atoms. The number of carbonyl (C=O) groups is 2. The SMILES string of the molecule is COc1cc(Cl)c(C)cc1NC(=O)c1ccccc1NC(=O)Cc1ccccc1F. The number of hydrogen-bond donors (Lipinski definition) is 2. The second-order valence-corrected chi connectivity index (χ2v) is 7.02. The van der Waals surface area contributed by atoms with Crippen molar-refractivity contribution in [3.8, 4) is 5.75 Å². The number of nitrogens with one attached hydrogen (secondary N) is 2. The summed E-state index contributed by atoms with van der Waals surface area (Å²) in [5.74, 6) is -0.902. The predicted octanol–water partition coefficient (Wildman–Crippen LogP) is 5.23. The number of benzene rings is 3. The van der Waals surface area contributed by atoms with Crippen LogP contribution in [0.1, 0.15) is 21.5 Å². The van der Waals surface area contributed by atoms with Crippen LogP contribution in [0.25, 0.3) is 0 Å². The summed E-state index contributed by atoms with van der Waals surface area (Å²) in [6.07, 6.45) is -0.146. The fourth-order valence-corrected chi connectivity index (χ4v) is 3.07. The molecule has 2 N–H and O–H groups in total. The van der Waals surface area contributed by atoms with Gasteiger partial charge in [0.15, 0.2) is 0 Å². The van der Waals surface area contributed by atoms with Gasteiger partial charge in [-0.2, -0.15) is 0 Å². The third-order valence-corrected chi connectivity index (χ3v) is 4.89. The molecule has 0 heterocycles. The van der Waals surface area contributed by atoms with Crippen molar-refractivity contribution in [3.63, 3.8) is 0 Å². The number of rotatable bonds is 6. The molecule has 3 aromatic rings. The Bertz CT molecular complexity index is 1100. The summed E-state index contributed by atoms with van der Waals surface area (Å²) in [5.41, 5.74) is 2.09. The predicted molar refractivity (Wildman–Crippen MR) is 116 cm³/mol. The lowest BCUT2D eigenvalue weighted by Gasteiger charge is -2.14. The molecular weight excluding hydrogens is 407 g/mol. The lowest BCUT2D eigenvalue weighted by Crippen LogP contribution is -2.20. The maximum Gasteiger partial charge on any atom is 0.257 e. The average molecular weight is 427 g/mol. The zero-order chi connectivity index (χ0) is 21.7. The van der Waals surface area contributed by atoms with E-state index in [0.717, 1.165) is 5.56 Å². The summed E-state index contributed by atoms with van der Waals surface area (Å²) < 4.78 is 19.1. The van der Waals surface area contributed by atoms with Gasteiger partial charge in [-0.1, -0.05) is 41.9 Å². The van der Waals surface area contributed by atoms with E-state index in [0.29, 0.717) is 22.1 Å². The Labute approximate surface area is 178 Å². The summed E-state index contributed by atoms with van der Waals surface area (Å²) in [6.45, 7) is 1.81. The van der Waals surface area contributed by atoms with Gasteiger partial charge in [0.2, 0.25) is 5.91 Å². The lowest BCUT2D eigenvalue weighted by atomic mass is 10.1. The van der Waals surface area contributed by atoms with Gasteiger partial charge in [0, 0.05) is 11.1 Å². The second-order valence-electron chi connectivity index (χ2n) is 6.62. The second kappa shape index (κ2) is 9.41. The fraction of sp³-hybridized carbons (Fsp3) is 0.130. The van der Waals surface area contributed by atoms with E-state index < -0.39 is 17.6 Å². The van der Waals surface area contributed by atoms with Gasteiger partial charge < -0.3 is 15.4 Å². The standard InChI is InChI=1S/C23H20ClFN2O3/c1-14-11-20(21(30-2)13-17(14)24)27-23(29)16-8-4-6-10-19(16)26-22(28)12-15-7-3-5-9-18(15)25/h3-11,13H,12H2,1-2H3,(H,26,28)(H,27,29). The molecule has 0 radical (unpaired) electrons. The average Bonchev–Trinajstić information content (AvgIpc) is 2.72. The Morgan fingerprint density at radius 3 is 2.43 bits per heavy atom. The van der Waals surface area contributed by atoms with E-state index in [1.807, 2.05) is 6.92 Å². The third-order valence-electron chi connectivity index (χ3n) is 4.48. The van der Waals surface area contributed by atoms with E-state index in [4.69, 9.17) is 16.3 Å². The van der Waals surface area contributed by atoms with E-state index in [-0.39, 0.29) is 17.5 Å². The van der Waals surface area contributed by atoms with Crippen molar-refractivity contribution in [1.82, 2.24) is 0 Å². The molecule has 0 aromatic heterocycles. The van der Waals surface area contributed by atoms with E-state index in [1.54, 1.807) is 54.6 Å². The van der Waals surface area contributed by atoms with Gasteiger partial charge in [-0.3, -0.25) is 9.59 Å². The van der Waals surface area contributed by atoms with Gasteiger partial charge in [-0.15, -0.1) is 0 Å². The summed E-state index contributed by atoms with van der Waals surface area (Å²) in [6, 6.07) is 16.0. The molecular formula is C23H20ClFN2O3. The molecule has 5 nitrogen and oxygen atoms in total. The number of carbonyl (C=O) groups excluding carboxylic acids is 2. The van der Waals surface area contributed by atoms with Crippen molar-refractivity contribution in [2.24, 2.45) is 0 Å². The molecule has 3 rings (SSSR count). The van der Waals surface area contributed by atoms with Gasteiger partial charge in [0.25, 0.3) is 5.91 Å². The van der Waals surface area contributed by atoms with Crippen molar-refractivity contribution < 1.29 is 18.7 Å². The van der Waals surface area contributed by atoms with Crippen LogP contribution in [0.3, 0.4) is 0 Å². The van der Waals surface area contributed by atoms with Crippen LogP contribution in [0.15, 0.2) is 60.7 Å². The Balaban J connectivity index is 1.80. The minimum Gasteiger partial charge on any atom is -0.495 e. The van der Waals surface area contributed by atoms with E-state index in [2.05, 4.69) is 10.6 Å².